The Morgan fingerprint density at radius 1 is 1.26 bits per heavy atom. The average Bonchev–Trinajstić information content (AvgIpc) is 2.43. The Labute approximate surface area is 115 Å². The number of rotatable bonds is 9. The minimum Gasteiger partial charge on any atom is -0.457 e. The monoisotopic (exact) mass is 267 g/mol. The normalized spacial score (nSPS) is 15.8. The van der Waals surface area contributed by atoms with Crippen molar-refractivity contribution < 1.29 is 9.84 Å². The summed E-state index contributed by atoms with van der Waals surface area (Å²) < 4.78 is 5.68. The van der Waals surface area contributed by atoms with Gasteiger partial charge in [0.05, 0.1) is 6.10 Å². The maximum absolute atomic E-state index is 9.85. The van der Waals surface area contributed by atoms with Crippen molar-refractivity contribution in [2.24, 2.45) is 5.92 Å². The van der Waals surface area contributed by atoms with Gasteiger partial charge in [-0.05, 0) is 19.3 Å². The fourth-order valence-corrected chi connectivity index (χ4v) is 2.08. The van der Waals surface area contributed by atoms with E-state index in [9.17, 15) is 5.11 Å². The molecule has 0 saturated heterocycles. The van der Waals surface area contributed by atoms with Crippen molar-refractivity contribution in [3.63, 3.8) is 0 Å². The van der Waals surface area contributed by atoms with E-state index in [1.807, 2.05) is 0 Å². The fourth-order valence-electron chi connectivity index (χ4n) is 2.08. The highest BCUT2D eigenvalue weighted by atomic mass is 16.5. The molecule has 0 aliphatic carbocycles. The Hall–Kier alpha value is -1.23. The van der Waals surface area contributed by atoms with Gasteiger partial charge in [-0.2, -0.15) is 9.97 Å². The lowest BCUT2D eigenvalue weighted by Crippen LogP contribution is -2.32. The molecule has 0 aliphatic heterocycles. The van der Waals surface area contributed by atoms with Crippen LogP contribution in [-0.2, 0) is 0 Å². The van der Waals surface area contributed by atoms with Gasteiger partial charge in [0.1, 0.15) is 18.8 Å². The summed E-state index contributed by atoms with van der Waals surface area (Å²) in [7, 11) is 0. The molecule has 5 heteroatoms. The zero-order valence-corrected chi connectivity index (χ0v) is 12.1. The highest BCUT2D eigenvalue weighted by Crippen LogP contribution is 2.22. The smallest absolute Gasteiger partial charge is 0.319 e. The van der Waals surface area contributed by atoms with Crippen LogP contribution in [-0.4, -0.2) is 32.3 Å². The highest BCUT2D eigenvalue weighted by Gasteiger charge is 2.22. The summed E-state index contributed by atoms with van der Waals surface area (Å²) in [4.78, 5) is 11.6. The molecular weight excluding hydrogens is 242 g/mol. The van der Waals surface area contributed by atoms with Gasteiger partial charge >= 0.3 is 6.01 Å². The summed E-state index contributed by atoms with van der Waals surface area (Å²) >= 11 is 0. The summed E-state index contributed by atoms with van der Waals surface area (Å²) in [6, 6.07) is 0.284. The molecule has 0 aliphatic rings. The van der Waals surface area contributed by atoms with E-state index < -0.39 is 6.10 Å². The van der Waals surface area contributed by atoms with Crippen LogP contribution in [0.5, 0.6) is 6.01 Å². The molecule has 3 atom stereocenters. The second kappa shape index (κ2) is 8.80. The summed E-state index contributed by atoms with van der Waals surface area (Å²) in [5.41, 5.74) is 0. The van der Waals surface area contributed by atoms with E-state index >= 15 is 0 Å². The third-order valence-corrected chi connectivity index (χ3v) is 3.37. The van der Waals surface area contributed by atoms with Gasteiger partial charge in [0, 0.05) is 0 Å². The van der Waals surface area contributed by atoms with Crippen LogP contribution < -0.4 is 4.74 Å². The van der Waals surface area contributed by atoms with Gasteiger partial charge in [0.2, 0.25) is 0 Å². The molecule has 0 bridgehead atoms. The Bertz CT molecular complexity index is 333. The first-order valence-corrected chi connectivity index (χ1v) is 7.14. The number of hydrogen-bond acceptors (Lipinski definition) is 5. The second-order valence-corrected chi connectivity index (χ2v) is 4.97. The molecule has 5 nitrogen and oxygen atoms in total. The summed E-state index contributed by atoms with van der Waals surface area (Å²) in [5, 5.41) is 9.85. The Morgan fingerprint density at radius 2 is 1.95 bits per heavy atom. The first kappa shape index (κ1) is 15.8. The average molecular weight is 267 g/mol. The SMILES string of the molecule is CCCCC(CC)CC(Oc1ncncn1)C(C)O. The van der Waals surface area contributed by atoms with Crippen LogP contribution in [0.1, 0.15) is 52.9 Å². The largest absolute Gasteiger partial charge is 0.457 e. The van der Waals surface area contributed by atoms with Crippen molar-refractivity contribution >= 4 is 0 Å². The Balaban J connectivity index is 2.56. The molecule has 1 aromatic heterocycles. The number of aliphatic hydroxyl groups excluding tert-OH is 1. The number of aromatic nitrogens is 3. The maximum Gasteiger partial charge on any atom is 0.319 e. The predicted octanol–water partition coefficient (Wildman–Crippen LogP) is 2.61. The third kappa shape index (κ3) is 5.96. The molecule has 0 spiro atoms. The van der Waals surface area contributed by atoms with Gasteiger partial charge in [-0.1, -0.05) is 39.5 Å². The van der Waals surface area contributed by atoms with Crippen molar-refractivity contribution in [2.45, 2.75) is 65.1 Å². The molecule has 0 aromatic carbocycles. The Morgan fingerprint density at radius 3 is 2.47 bits per heavy atom. The van der Waals surface area contributed by atoms with Gasteiger partial charge in [-0.25, -0.2) is 4.98 Å². The molecule has 3 unspecified atom stereocenters. The molecule has 19 heavy (non-hydrogen) atoms. The highest BCUT2D eigenvalue weighted by molar-refractivity contribution is 4.90. The zero-order chi connectivity index (χ0) is 14.1. The second-order valence-electron chi connectivity index (χ2n) is 4.97. The van der Waals surface area contributed by atoms with Gasteiger partial charge in [0.25, 0.3) is 0 Å². The number of hydrogen-bond donors (Lipinski definition) is 1. The molecular formula is C14H25N3O2. The lowest BCUT2D eigenvalue weighted by Gasteiger charge is -2.24. The van der Waals surface area contributed by atoms with Crippen molar-refractivity contribution in [1.82, 2.24) is 15.0 Å². The van der Waals surface area contributed by atoms with Gasteiger partial charge < -0.3 is 9.84 Å². The minimum absolute atomic E-state index is 0.260. The number of unbranched alkanes of at least 4 members (excludes halogenated alkanes) is 1. The quantitative estimate of drug-likeness (QED) is 0.745. The summed E-state index contributed by atoms with van der Waals surface area (Å²) in [6.45, 7) is 6.13. The zero-order valence-electron chi connectivity index (χ0n) is 12.1. The first-order valence-electron chi connectivity index (χ1n) is 7.14. The van der Waals surface area contributed by atoms with Crippen LogP contribution in [0.15, 0.2) is 12.7 Å². The lowest BCUT2D eigenvalue weighted by molar-refractivity contribution is 0.0254. The molecule has 0 amide bonds. The summed E-state index contributed by atoms with van der Waals surface area (Å²) in [6.07, 6.45) is 7.53. The Kier molecular flexibility index (Phi) is 7.33. The van der Waals surface area contributed by atoms with Crippen LogP contribution in [0, 0.1) is 5.92 Å². The molecule has 1 heterocycles. The fraction of sp³-hybridized carbons (Fsp3) is 0.786. The van der Waals surface area contributed by atoms with Crippen molar-refractivity contribution in [3.8, 4) is 6.01 Å². The standard InChI is InChI=1S/C14H25N3O2/c1-4-6-7-12(5-2)8-13(11(3)18)19-14-16-9-15-10-17-14/h9-13,18H,4-8H2,1-3H3. The van der Waals surface area contributed by atoms with E-state index in [4.69, 9.17) is 4.74 Å². The lowest BCUT2D eigenvalue weighted by atomic mass is 9.91. The summed E-state index contributed by atoms with van der Waals surface area (Å²) in [5.74, 6) is 0.571. The number of nitrogens with zero attached hydrogens (tertiary/aromatic N) is 3. The minimum atomic E-state index is -0.535. The van der Waals surface area contributed by atoms with Gasteiger partial charge in [-0.3, -0.25) is 0 Å². The van der Waals surface area contributed by atoms with Crippen molar-refractivity contribution in [3.05, 3.63) is 12.7 Å². The van der Waals surface area contributed by atoms with E-state index in [1.54, 1.807) is 6.92 Å². The van der Waals surface area contributed by atoms with E-state index in [-0.39, 0.29) is 12.1 Å². The van der Waals surface area contributed by atoms with Crippen LogP contribution >= 0.6 is 0 Å². The molecule has 1 N–H and O–H groups in total. The van der Waals surface area contributed by atoms with Crippen molar-refractivity contribution in [2.75, 3.05) is 0 Å². The molecule has 0 saturated carbocycles. The van der Waals surface area contributed by atoms with E-state index in [2.05, 4.69) is 28.8 Å². The van der Waals surface area contributed by atoms with Crippen LogP contribution in [0.4, 0.5) is 0 Å². The topological polar surface area (TPSA) is 68.1 Å². The molecule has 1 rings (SSSR count). The molecule has 0 fully saturated rings. The first-order chi connectivity index (χ1) is 9.17. The number of aliphatic hydroxyl groups is 1. The molecule has 1 aromatic rings. The van der Waals surface area contributed by atoms with E-state index in [1.165, 1.54) is 31.9 Å². The van der Waals surface area contributed by atoms with E-state index in [0.29, 0.717) is 5.92 Å². The van der Waals surface area contributed by atoms with Crippen molar-refractivity contribution in [1.29, 1.82) is 0 Å². The number of ether oxygens (including phenoxy) is 1. The molecule has 0 radical (unpaired) electrons. The predicted molar refractivity (Wildman–Crippen MR) is 73.8 cm³/mol. The maximum atomic E-state index is 9.85. The molecule has 108 valence electrons. The van der Waals surface area contributed by atoms with Gasteiger partial charge in [-0.15, -0.1) is 0 Å². The van der Waals surface area contributed by atoms with E-state index in [0.717, 1.165) is 12.8 Å². The van der Waals surface area contributed by atoms with Crippen LogP contribution in [0.3, 0.4) is 0 Å². The van der Waals surface area contributed by atoms with Crippen LogP contribution in [0.2, 0.25) is 0 Å². The third-order valence-electron chi connectivity index (χ3n) is 3.37. The van der Waals surface area contributed by atoms with Crippen LogP contribution in [0.25, 0.3) is 0 Å². The van der Waals surface area contributed by atoms with Gasteiger partial charge in [0.15, 0.2) is 0 Å².